The van der Waals surface area contributed by atoms with Gasteiger partial charge in [0.2, 0.25) is 0 Å². The summed E-state index contributed by atoms with van der Waals surface area (Å²) in [5, 5.41) is 10.4. The Morgan fingerprint density at radius 2 is 2.04 bits per heavy atom. The van der Waals surface area contributed by atoms with Crippen LogP contribution in [0.2, 0.25) is 0 Å². The Morgan fingerprint density at radius 3 is 2.79 bits per heavy atom. The van der Waals surface area contributed by atoms with Crippen LogP contribution in [0.1, 0.15) is 39.8 Å². The Kier molecular flexibility index (Phi) is 4.08. The van der Waals surface area contributed by atoms with Crippen LogP contribution in [0.15, 0.2) is 30.3 Å². The molecule has 1 aliphatic carbocycles. The van der Waals surface area contributed by atoms with Crippen molar-refractivity contribution in [2.24, 2.45) is 0 Å². The smallest absolute Gasteiger partial charge is 0.343 e. The van der Waals surface area contributed by atoms with Crippen LogP contribution in [0.3, 0.4) is 0 Å². The van der Waals surface area contributed by atoms with E-state index in [1.54, 1.807) is 26.0 Å². The fourth-order valence-corrected chi connectivity index (χ4v) is 2.76. The Labute approximate surface area is 139 Å². The molecule has 0 bridgehead atoms. The number of allylic oxidation sites excluding steroid dienone is 2. The van der Waals surface area contributed by atoms with Crippen molar-refractivity contribution < 1.29 is 19.4 Å². The molecule has 1 aromatic carbocycles. The number of aromatic hydroxyl groups is 1. The van der Waals surface area contributed by atoms with Gasteiger partial charge in [0, 0.05) is 11.3 Å². The van der Waals surface area contributed by atoms with E-state index < -0.39 is 5.97 Å². The maximum Gasteiger partial charge on any atom is 0.343 e. The summed E-state index contributed by atoms with van der Waals surface area (Å²) in [4.78, 5) is 27.2. The Bertz CT molecular complexity index is 887. The van der Waals surface area contributed by atoms with Crippen LogP contribution in [-0.4, -0.2) is 28.4 Å². The molecule has 1 heterocycles. The van der Waals surface area contributed by atoms with Crippen molar-refractivity contribution in [3.63, 3.8) is 0 Å². The van der Waals surface area contributed by atoms with E-state index >= 15 is 0 Å². The van der Waals surface area contributed by atoms with Gasteiger partial charge in [-0.1, -0.05) is 30.3 Å². The maximum atomic E-state index is 12.3. The van der Waals surface area contributed by atoms with E-state index in [1.807, 2.05) is 24.3 Å². The molecule has 0 saturated carbocycles. The zero-order valence-corrected chi connectivity index (χ0v) is 13.4. The van der Waals surface area contributed by atoms with E-state index in [1.165, 1.54) is 6.08 Å². The first kappa shape index (κ1) is 15.8. The van der Waals surface area contributed by atoms with Gasteiger partial charge in [0.05, 0.1) is 12.3 Å². The first-order chi connectivity index (χ1) is 11.5. The summed E-state index contributed by atoms with van der Waals surface area (Å²) in [6.45, 7) is 3.59. The summed E-state index contributed by atoms with van der Waals surface area (Å²) >= 11 is 0. The number of aryl methyl sites for hydroxylation is 1. The number of esters is 1. The number of hydrogen-bond donors (Lipinski definition) is 2. The largest absolute Gasteiger partial charge is 0.505 e. The number of fused-ring (bicyclic) bond motifs is 1. The topological polar surface area (TPSA) is 79.4 Å². The second-order valence-electron chi connectivity index (χ2n) is 5.45. The van der Waals surface area contributed by atoms with E-state index in [4.69, 9.17) is 4.74 Å². The number of nitrogens with one attached hydrogen (secondary N) is 1. The van der Waals surface area contributed by atoms with Crippen molar-refractivity contribution in [3.05, 3.63) is 58.4 Å². The molecule has 0 aliphatic heterocycles. The minimum atomic E-state index is -0.594. The van der Waals surface area contributed by atoms with Gasteiger partial charge in [-0.3, -0.25) is 4.79 Å². The minimum absolute atomic E-state index is 0.0933. The highest BCUT2D eigenvalue weighted by Crippen LogP contribution is 2.33. The highest BCUT2D eigenvalue weighted by Gasteiger charge is 2.23. The maximum absolute atomic E-state index is 12.3. The number of carbonyl (C=O) groups excluding carboxylic acids is 2. The van der Waals surface area contributed by atoms with E-state index in [9.17, 15) is 14.7 Å². The molecule has 2 aromatic rings. The molecule has 1 aromatic heterocycles. The molecule has 24 heavy (non-hydrogen) atoms. The van der Waals surface area contributed by atoms with Crippen molar-refractivity contribution in [1.29, 1.82) is 0 Å². The molecule has 5 nitrogen and oxygen atoms in total. The van der Waals surface area contributed by atoms with Crippen LogP contribution in [0.4, 0.5) is 0 Å². The molecular weight excluding hydrogens is 306 g/mol. The number of H-pyrrole nitrogens is 1. The molecule has 0 unspecified atom stereocenters. The number of ether oxygens (including phenoxy) is 1. The summed E-state index contributed by atoms with van der Waals surface area (Å²) in [5.41, 5.74) is 3.07. The van der Waals surface area contributed by atoms with Gasteiger partial charge in [-0.25, -0.2) is 4.79 Å². The van der Waals surface area contributed by atoms with Crippen LogP contribution < -0.4 is 0 Å². The molecule has 0 amide bonds. The SMILES string of the molecule is CCOC(=O)c1c(C)[nH]c(/C=C2\C(=O)C=Cc3ccccc32)c1O. The lowest BCUT2D eigenvalue weighted by atomic mass is 9.91. The zero-order valence-electron chi connectivity index (χ0n) is 13.4. The molecule has 0 fully saturated rings. The number of carbonyl (C=O) groups is 2. The molecule has 3 rings (SSSR count). The molecule has 2 N–H and O–H groups in total. The third-order valence-electron chi connectivity index (χ3n) is 3.89. The first-order valence-electron chi connectivity index (χ1n) is 7.65. The number of rotatable bonds is 3. The minimum Gasteiger partial charge on any atom is -0.505 e. The Hall–Kier alpha value is -3.08. The van der Waals surface area contributed by atoms with Crippen molar-refractivity contribution in [1.82, 2.24) is 4.98 Å². The highest BCUT2D eigenvalue weighted by atomic mass is 16.5. The summed E-state index contributed by atoms with van der Waals surface area (Å²) in [7, 11) is 0. The summed E-state index contributed by atoms with van der Waals surface area (Å²) in [6, 6.07) is 7.51. The quantitative estimate of drug-likeness (QED) is 0.670. The molecule has 0 radical (unpaired) electrons. The normalized spacial score (nSPS) is 14.8. The van der Waals surface area contributed by atoms with Crippen LogP contribution in [-0.2, 0) is 9.53 Å². The molecular formula is C19H17NO4. The van der Waals surface area contributed by atoms with Gasteiger partial charge in [0.15, 0.2) is 11.5 Å². The lowest BCUT2D eigenvalue weighted by Gasteiger charge is -2.12. The zero-order chi connectivity index (χ0) is 17.3. The predicted octanol–water partition coefficient (Wildman–Crippen LogP) is 3.34. The number of benzene rings is 1. The molecule has 122 valence electrons. The molecule has 0 spiro atoms. The van der Waals surface area contributed by atoms with Gasteiger partial charge < -0.3 is 14.8 Å². The Balaban J connectivity index is 2.09. The van der Waals surface area contributed by atoms with Crippen molar-refractivity contribution in [2.45, 2.75) is 13.8 Å². The van der Waals surface area contributed by atoms with E-state index in [2.05, 4.69) is 4.98 Å². The van der Waals surface area contributed by atoms with E-state index in [0.717, 1.165) is 11.1 Å². The molecule has 5 heteroatoms. The van der Waals surface area contributed by atoms with Gasteiger partial charge in [-0.05, 0) is 37.1 Å². The lowest BCUT2D eigenvalue weighted by Crippen LogP contribution is -2.05. The van der Waals surface area contributed by atoms with E-state index in [0.29, 0.717) is 17.0 Å². The Morgan fingerprint density at radius 1 is 1.29 bits per heavy atom. The molecule has 0 saturated heterocycles. The third-order valence-corrected chi connectivity index (χ3v) is 3.89. The number of aromatic nitrogens is 1. The molecule has 0 atom stereocenters. The van der Waals surface area contributed by atoms with Crippen LogP contribution in [0.5, 0.6) is 5.75 Å². The van der Waals surface area contributed by atoms with Gasteiger partial charge in [-0.15, -0.1) is 0 Å². The van der Waals surface area contributed by atoms with Gasteiger partial charge in [0.25, 0.3) is 0 Å². The molecule has 1 aliphatic rings. The van der Waals surface area contributed by atoms with Crippen LogP contribution >= 0.6 is 0 Å². The number of ketones is 1. The number of hydrogen-bond acceptors (Lipinski definition) is 4. The van der Waals surface area contributed by atoms with Gasteiger partial charge >= 0.3 is 5.97 Å². The lowest BCUT2D eigenvalue weighted by molar-refractivity contribution is -0.109. The van der Waals surface area contributed by atoms with Crippen LogP contribution in [0, 0.1) is 6.92 Å². The fraction of sp³-hybridized carbons (Fsp3) is 0.158. The summed E-state index contributed by atoms with van der Waals surface area (Å²) < 4.78 is 4.95. The van der Waals surface area contributed by atoms with Crippen molar-refractivity contribution in [2.75, 3.05) is 6.61 Å². The van der Waals surface area contributed by atoms with Crippen LogP contribution in [0.25, 0.3) is 17.7 Å². The average Bonchev–Trinajstić information content (AvgIpc) is 2.84. The summed E-state index contributed by atoms with van der Waals surface area (Å²) in [6.07, 6.45) is 4.82. The van der Waals surface area contributed by atoms with E-state index in [-0.39, 0.29) is 23.7 Å². The van der Waals surface area contributed by atoms with Gasteiger partial charge in [0.1, 0.15) is 5.56 Å². The second-order valence-corrected chi connectivity index (χ2v) is 5.45. The average molecular weight is 323 g/mol. The number of aromatic amines is 1. The third kappa shape index (κ3) is 2.65. The summed E-state index contributed by atoms with van der Waals surface area (Å²) in [5.74, 6) is -0.958. The fourth-order valence-electron chi connectivity index (χ4n) is 2.76. The monoisotopic (exact) mass is 323 g/mol. The highest BCUT2D eigenvalue weighted by molar-refractivity contribution is 6.33. The first-order valence-corrected chi connectivity index (χ1v) is 7.65. The standard InChI is InChI=1S/C19H17NO4/c1-3-24-19(23)17-11(2)20-15(18(17)22)10-14-13-7-5-4-6-12(13)8-9-16(14)21/h4-10,20,22H,3H2,1-2H3/b14-10-. The second kappa shape index (κ2) is 6.20. The van der Waals surface area contributed by atoms with Crippen molar-refractivity contribution in [3.8, 4) is 5.75 Å². The van der Waals surface area contributed by atoms with Crippen molar-refractivity contribution >= 4 is 29.5 Å². The predicted molar refractivity (Wildman–Crippen MR) is 91.5 cm³/mol. The van der Waals surface area contributed by atoms with Gasteiger partial charge in [-0.2, -0.15) is 0 Å².